The zero-order valence-electron chi connectivity index (χ0n) is 25.1. The zero-order chi connectivity index (χ0) is 28.2. The van der Waals surface area contributed by atoms with Crippen LogP contribution < -0.4 is 0 Å². The summed E-state index contributed by atoms with van der Waals surface area (Å²) >= 11 is 0. The number of aryl methyl sites for hydroxylation is 1. The fraction of sp³-hybridized carbons (Fsp3) is 0.368. The summed E-state index contributed by atoms with van der Waals surface area (Å²) in [6, 6.07) is 36.4. The van der Waals surface area contributed by atoms with E-state index >= 15 is 0 Å². The second-order valence-electron chi connectivity index (χ2n) is 12.6. The summed E-state index contributed by atoms with van der Waals surface area (Å²) in [4.78, 5) is 0. The monoisotopic (exact) mass is 550 g/mol. The van der Waals surface area contributed by atoms with Crippen molar-refractivity contribution < 1.29 is 4.74 Å². The molecule has 0 bridgehead atoms. The molecule has 0 aromatic heterocycles. The van der Waals surface area contributed by atoms with Crippen LogP contribution in [0.3, 0.4) is 0 Å². The van der Waals surface area contributed by atoms with Crippen molar-refractivity contribution in [2.75, 3.05) is 18.6 Å². The number of rotatable bonds is 11. The van der Waals surface area contributed by atoms with E-state index in [2.05, 4.69) is 131 Å². The molecule has 4 aromatic carbocycles. The number of hydrogen-bond donors (Lipinski definition) is 0. The third-order valence-corrected chi connectivity index (χ3v) is 12.2. The van der Waals surface area contributed by atoms with E-state index in [1.165, 1.54) is 69.5 Å². The van der Waals surface area contributed by atoms with E-state index in [1.807, 2.05) is 0 Å². The lowest BCUT2D eigenvalue weighted by atomic mass is 9.97. The van der Waals surface area contributed by atoms with E-state index in [9.17, 15) is 0 Å². The Kier molecular flexibility index (Phi) is 8.88. The van der Waals surface area contributed by atoms with Crippen LogP contribution in [0.25, 0.3) is 22.3 Å². The van der Waals surface area contributed by atoms with Crippen LogP contribution >= 0.6 is 10.0 Å². The summed E-state index contributed by atoms with van der Waals surface area (Å²) in [7, 11) is -1.09. The van der Waals surface area contributed by atoms with Gasteiger partial charge < -0.3 is 4.74 Å². The molecule has 1 aliphatic carbocycles. The van der Waals surface area contributed by atoms with Crippen molar-refractivity contribution in [1.29, 1.82) is 0 Å². The van der Waals surface area contributed by atoms with Gasteiger partial charge in [-0.05, 0) is 97.1 Å². The van der Waals surface area contributed by atoms with Crippen LogP contribution in [-0.2, 0) is 10.5 Å². The molecule has 5 rings (SSSR count). The maximum atomic E-state index is 5.99. The first-order valence-corrected chi connectivity index (χ1v) is 17.4. The molecule has 4 aromatic rings. The maximum Gasteiger partial charge on any atom is 0.0598 e. The zero-order valence-corrected chi connectivity index (χ0v) is 25.9. The largest absolute Gasteiger partial charge is 0.376 e. The summed E-state index contributed by atoms with van der Waals surface area (Å²) < 4.78 is 5.99. The van der Waals surface area contributed by atoms with Crippen LogP contribution in [0.2, 0.25) is 0 Å². The van der Waals surface area contributed by atoms with E-state index in [1.54, 1.807) is 0 Å². The van der Waals surface area contributed by atoms with Gasteiger partial charge in [-0.3, -0.25) is 0 Å². The molecule has 0 radical (unpaired) electrons. The van der Waals surface area contributed by atoms with Crippen molar-refractivity contribution in [3.05, 3.63) is 119 Å². The molecule has 0 fully saturated rings. The molecule has 0 spiro atoms. The predicted octanol–water partition coefficient (Wildman–Crippen LogP) is 10.7. The molecule has 0 heterocycles. The van der Waals surface area contributed by atoms with Crippen molar-refractivity contribution in [3.8, 4) is 22.3 Å². The molecule has 0 aliphatic heterocycles. The Balaban J connectivity index is 1.46. The Bertz CT molecular complexity index is 1390. The standard InChI is InChI=1S/C38H46OS/c1-29-18-8-10-20-31(29)32-21-11-9-19-30(32)28-40(5,27-17-7-6-16-26-39-38(2,3)4)37-35-24-14-12-22-33(35)34-23-13-15-25-36(34)37/h8-15,18-25,37H,6-7,16-17,26-28H2,1-5H3. The molecule has 0 N–H and O–H groups in total. The van der Waals surface area contributed by atoms with Crippen LogP contribution in [0.15, 0.2) is 97.1 Å². The molecule has 0 amide bonds. The van der Waals surface area contributed by atoms with Crippen LogP contribution in [0.5, 0.6) is 0 Å². The molecule has 2 heteroatoms. The second kappa shape index (κ2) is 12.4. The SMILES string of the molecule is Cc1ccccc1-c1ccccc1CS(C)(CCCCCCOC(C)(C)C)C1c2ccccc2-c2ccccc21. The van der Waals surface area contributed by atoms with Gasteiger partial charge in [-0.2, -0.15) is 0 Å². The minimum atomic E-state index is -1.09. The van der Waals surface area contributed by atoms with E-state index in [0.717, 1.165) is 18.8 Å². The quantitative estimate of drug-likeness (QED) is 0.169. The van der Waals surface area contributed by atoms with Crippen molar-refractivity contribution in [2.24, 2.45) is 0 Å². The Hall–Kier alpha value is -2.81. The molecule has 0 saturated carbocycles. The van der Waals surface area contributed by atoms with Gasteiger partial charge in [-0.1, -0.05) is 110 Å². The lowest BCUT2D eigenvalue weighted by Crippen LogP contribution is -2.19. The van der Waals surface area contributed by atoms with Crippen LogP contribution in [0, 0.1) is 6.92 Å². The lowest BCUT2D eigenvalue weighted by molar-refractivity contribution is -0.00470. The number of ether oxygens (including phenoxy) is 1. The third kappa shape index (κ3) is 6.40. The highest BCUT2D eigenvalue weighted by Gasteiger charge is 2.38. The molecule has 1 unspecified atom stereocenters. The van der Waals surface area contributed by atoms with Gasteiger partial charge in [0, 0.05) is 17.6 Å². The molecule has 40 heavy (non-hydrogen) atoms. The van der Waals surface area contributed by atoms with Crippen LogP contribution in [0.1, 0.15) is 74.0 Å². The third-order valence-electron chi connectivity index (χ3n) is 8.32. The minimum Gasteiger partial charge on any atom is -0.376 e. The topological polar surface area (TPSA) is 9.23 Å². The van der Waals surface area contributed by atoms with Gasteiger partial charge in [0.25, 0.3) is 0 Å². The number of benzene rings is 4. The van der Waals surface area contributed by atoms with Gasteiger partial charge >= 0.3 is 0 Å². The van der Waals surface area contributed by atoms with E-state index in [0.29, 0.717) is 5.25 Å². The summed E-state index contributed by atoms with van der Waals surface area (Å²) in [5.41, 5.74) is 11.5. The predicted molar refractivity (Wildman–Crippen MR) is 177 cm³/mol. The fourth-order valence-corrected chi connectivity index (χ4v) is 10.4. The molecule has 1 atom stereocenters. The normalized spacial score (nSPS) is 15.3. The van der Waals surface area contributed by atoms with Crippen molar-refractivity contribution in [2.45, 2.75) is 70.0 Å². The van der Waals surface area contributed by atoms with E-state index < -0.39 is 10.0 Å². The molecule has 0 saturated heterocycles. The van der Waals surface area contributed by atoms with Crippen molar-refractivity contribution in [3.63, 3.8) is 0 Å². The second-order valence-corrected chi connectivity index (χ2v) is 16.5. The molecule has 1 aliphatic rings. The van der Waals surface area contributed by atoms with Crippen LogP contribution in [0.4, 0.5) is 0 Å². The number of hydrogen-bond acceptors (Lipinski definition) is 1. The first-order valence-electron chi connectivity index (χ1n) is 15.0. The summed E-state index contributed by atoms with van der Waals surface area (Å²) in [6.07, 6.45) is 7.58. The van der Waals surface area contributed by atoms with Gasteiger partial charge in [0.05, 0.1) is 5.60 Å². The number of unbranched alkanes of at least 4 members (excludes halogenated alkanes) is 3. The van der Waals surface area contributed by atoms with Crippen LogP contribution in [-0.4, -0.2) is 24.2 Å². The van der Waals surface area contributed by atoms with E-state index in [4.69, 9.17) is 4.74 Å². The van der Waals surface area contributed by atoms with Gasteiger partial charge in [-0.25, -0.2) is 10.0 Å². The van der Waals surface area contributed by atoms with Gasteiger partial charge in [-0.15, -0.1) is 0 Å². The van der Waals surface area contributed by atoms with Gasteiger partial charge in [0.15, 0.2) is 0 Å². The average molecular weight is 551 g/mol. The number of fused-ring (bicyclic) bond motifs is 3. The minimum absolute atomic E-state index is 0.0452. The Morgan fingerprint density at radius 1 is 0.625 bits per heavy atom. The molecular formula is C38H46OS. The lowest BCUT2D eigenvalue weighted by Gasteiger charge is -2.44. The van der Waals surface area contributed by atoms with Gasteiger partial charge in [0.1, 0.15) is 0 Å². The molecule has 1 nitrogen and oxygen atoms in total. The van der Waals surface area contributed by atoms with Gasteiger partial charge in [0.2, 0.25) is 0 Å². The van der Waals surface area contributed by atoms with E-state index in [-0.39, 0.29) is 5.60 Å². The Labute approximate surface area is 244 Å². The van der Waals surface area contributed by atoms with Crippen molar-refractivity contribution in [1.82, 2.24) is 0 Å². The Morgan fingerprint density at radius 2 is 1.15 bits per heavy atom. The van der Waals surface area contributed by atoms with Crippen molar-refractivity contribution >= 4 is 10.0 Å². The highest BCUT2D eigenvalue weighted by atomic mass is 32.3. The average Bonchev–Trinajstić information content (AvgIpc) is 3.28. The molecular weight excluding hydrogens is 504 g/mol. The molecule has 210 valence electrons. The fourth-order valence-electron chi connectivity index (χ4n) is 6.40. The summed E-state index contributed by atoms with van der Waals surface area (Å²) in [6.45, 7) is 9.54. The Morgan fingerprint density at radius 3 is 1.77 bits per heavy atom. The smallest absolute Gasteiger partial charge is 0.0598 e. The summed E-state index contributed by atoms with van der Waals surface area (Å²) in [5, 5.41) is 0.467. The highest BCUT2D eigenvalue weighted by Crippen LogP contribution is 2.67. The summed E-state index contributed by atoms with van der Waals surface area (Å²) in [5.74, 6) is 2.42. The maximum absolute atomic E-state index is 5.99. The highest BCUT2D eigenvalue weighted by molar-refractivity contribution is 8.32. The first-order chi connectivity index (χ1) is 19.3. The first kappa shape index (κ1) is 28.7.